The lowest BCUT2D eigenvalue weighted by Crippen LogP contribution is -2.29. The number of phenols is 1. The van der Waals surface area contributed by atoms with Crippen LogP contribution in [0.1, 0.15) is 58.7 Å². The number of nitrogens with one attached hydrogen (secondary N) is 1. The van der Waals surface area contributed by atoms with E-state index < -0.39 is 6.04 Å². The number of carbonyl (C=O) groups excluding carboxylic acids is 1. The Morgan fingerprint density at radius 3 is 2.86 bits per heavy atom. The van der Waals surface area contributed by atoms with Gasteiger partial charge in [-0.15, -0.1) is 0 Å². The number of phenolic OH excluding ortho intramolecular Hbond substituents is 1. The second-order valence-corrected chi connectivity index (χ2v) is 9.08. The highest BCUT2D eigenvalue weighted by Crippen LogP contribution is 2.46. The summed E-state index contributed by atoms with van der Waals surface area (Å²) in [6.07, 6.45) is 3.59. The van der Waals surface area contributed by atoms with Crippen LogP contribution in [0.25, 0.3) is 11.3 Å². The van der Waals surface area contributed by atoms with E-state index in [1.54, 1.807) is 29.4 Å². The monoisotopic (exact) mass is 491 g/mol. The van der Waals surface area contributed by atoms with E-state index in [0.717, 1.165) is 29.7 Å². The third-order valence-corrected chi connectivity index (χ3v) is 6.65. The first-order chi connectivity index (χ1) is 17.0. The summed E-state index contributed by atoms with van der Waals surface area (Å²) in [4.78, 5) is 15.3. The van der Waals surface area contributed by atoms with E-state index >= 15 is 0 Å². The van der Waals surface area contributed by atoms with Crippen molar-refractivity contribution in [3.8, 4) is 22.8 Å². The van der Waals surface area contributed by atoms with Crippen LogP contribution in [-0.4, -0.2) is 32.7 Å². The van der Waals surface area contributed by atoms with Crippen molar-refractivity contribution in [2.24, 2.45) is 0 Å². The van der Waals surface area contributed by atoms with Gasteiger partial charge < -0.3 is 19.2 Å². The maximum absolute atomic E-state index is 13.5. The summed E-state index contributed by atoms with van der Waals surface area (Å²) < 4.78 is 11.5. The molecule has 7 nitrogen and oxygen atoms in total. The molecular weight excluding hydrogens is 466 g/mol. The molecule has 2 aromatic carbocycles. The van der Waals surface area contributed by atoms with Gasteiger partial charge in [0.25, 0.3) is 5.91 Å². The summed E-state index contributed by atoms with van der Waals surface area (Å²) in [5, 5.41) is 18.6. The molecule has 1 amide bonds. The molecule has 1 atom stereocenters. The fourth-order valence-electron chi connectivity index (χ4n) is 4.45. The van der Waals surface area contributed by atoms with E-state index in [1.165, 1.54) is 0 Å². The maximum atomic E-state index is 13.5. The molecule has 4 aromatic rings. The van der Waals surface area contributed by atoms with Gasteiger partial charge in [0.2, 0.25) is 0 Å². The SMILES string of the molecule is CCCCOc1cccc(C2c3c(-c4cc(Cl)c(C)cc4O)n[nH]c3C(=O)N2Cc2ccco2)c1. The normalized spacial score (nSPS) is 15.0. The van der Waals surface area contributed by atoms with Gasteiger partial charge in [-0.05, 0) is 60.9 Å². The van der Waals surface area contributed by atoms with Crippen LogP contribution in [0.5, 0.6) is 11.5 Å². The number of benzene rings is 2. The number of hydrogen-bond donors (Lipinski definition) is 2. The summed E-state index contributed by atoms with van der Waals surface area (Å²) in [5.41, 5.74) is 3.64. The summed E-state index contributed by atoms with van der Waals surface area (Å²) in [5.74, 6) is 1.25. The molecule has 1 aliphatic rings. The number of halogens is 1. The van der Waals surface area contributed by atoms with E-state index in [2.05, 4.69) is 17.1 Å². The molecule has 3 heterocycles. The topological polar surface area (TPSA) is 91.6 Å². The quantitative estimate of drug-likeness (QED) is 0.284. The molecule has 0 bridgehead atoms. The summed E-state index contributed by atoms with van der Waals surface area (Å²) in [7, 11) is 0. The number of aromatic nitrogens is 2. The van der Waals surface area contributed by atoms with Gasteiger partial charge in [0.05, 0.1) is 25.5 Å². The summed E-state index contributed by atoms with van der Waals surface area (Å²) in [6.45, 7) is 4.84. The summed E-state index contributed by atoms with van der Waals surface area (Å²) >= 11 is 6.39. The molecule has 0 saturated carbocycles. The molecule has 0 aliphatic carbocycles. The van der Waals surface area contributed by atoms with Gasteiger partial charge >= 0.3 is 0 Å². The van der Waals surface area contributed by atoms with E-state index in [-0.39, 0.29) is 18.2 Å². The van der Waals surface area contributed by atoms with Crippen LogP contribution in [0.4, 0.5) is 0 Å². The lowest BCUT2D eigenvalue weighted by Gasteiger charge is -2.26. The van der Waals surface area contributed by atoms with Gasteiger partial charge in [-0.2, -0.15) is 5.10 Å². The number of amides is 1. The number of furan rings is 1. The Bertz CT molecular complexity index is 1360. The Labute approximate surface area is 208 Å². The van der Waals surface area contributed by atoms with Crippen molar-refractivity contribution in [3.05, 3.63) is 88.0 Å². The van der Waals surface area contributed by atoms with Crippen LogP contribution < -0.4 is 4.74 Å². The van der Waals surface area contributed by atoms with Crippen molar-refractivity contribution in [1.29, 1.82) is 0 Å². The fraction of sp³-hybridized carbons (Fsp3) is 0.259. The minimum absolute atomic E-state index is 0.0496. The van der Waals surface area contributed by atoms with Crippen LogP contribution in [0.15, 0.2) is 59.2 Å². The van der Waals surface area contributed by atoms with Crippen molar-refractivity contribution >= 4 is 17.5 Å². The minimum Gasteiger partial charge on any atom is -0.507 e. The number of carbonyl (C=O) groups is 1. The van der Waals surface area contributed by atoms with Crippen molar-refractivity contribution in [1.82, 2.24) is 15.1 Å². The number of fused-ring (bicyclic) bond motifs is 1. The van der Waals surface area contributed by atoms with Crippen molar-refractivity contribution in [2.75, 3.05) is 6.61 Å². The first kappa shape index (κ1) is 23.1. The number of H-pyrrole nitrogens is 1. The predicted molar refractivity (Wildman–Crippen MR) is 133 cm³/mol. The zero-order chi connectivity index (χ0) is 24.5. The number of rotatable bonds is 8. The molecule has 1 aliphatic heterocycles. The number of hydrogen-bond acceptors (Lipinski definition) is 5. The lowest BCUT2D eigenvalue weighted by molar-refractivity contribution is 0.0716. The van der Waals surface area contributed by atoms with E-state index in [4.69, 9.17) is 20.8 Å². The Balaban J connectivity index is 1.63. The number of ether oxygens (including phenoxy) is 1. The molecule has 5 rings (SSSR count). The first-order valence-electron chi connectivity index (χ1n) is 11.6. The second-order valence-electron chi connectivity index (χ2n) is 8.67. The lowest BCUT2D eigenvalue weighted by atomic mass is 9.95. The molecule has 180 valence electrons. The number of aryl methyl sites for hydroxylation is 1. The number of aromatic amines is 1. The molecule has 0 fully saturated rings. The van der Waals surface area contributed by atoms with Crippen LogP contribution >= 0.6 is 11.6 Å². The maximum Gasteiger partial charge on any atom is 0.273 e. The first-order valence-corrected chi connectivity index (χ1v) is 12.0. The average molecular weight is 492 g/mol. The van der Waals surface area contributed by atoms with Gasteiger partial charge in [0, 0.05) is 16.1 Å². The molecular formula is C27H26ClN3O4. The highest BCUT2D eigenvalue weighted by atomic mass is 35.5. The highest BCUT2D eigenvalue weighted by Gasteiger charge is 2.43. The molecule has 2 N–H and O–H groups in total. The molecule has 35 heavy (non-hydrogen) atoms. The van der Waals surface area contributed by atoms with Gasteiger partial charge in [-0.1, -0.05) is 37.1 Å². The third-order valence-electron chi connectivity index (χ3n) is 6.24. The molecule has 2 aromatic heterocycles. The zero-order valence-corrected chi connectivity index (χ0v) is 20.3. The Hall–Kier alpha value is -3.71. The second kappa shape index (κ2) is 9.50. The molecule has 0 saturated heterocycles. The van der Waals surface area contributed by atoms with E-state index in [0.29, 0.717) is 39.9 Å². The molecule has 1 unspecified atom stereocenters. The number of unbranched alkanes of at least 4 members (excludes halogenated alkanes) is 1. The number of aromatic hydroxyl groups is 1. The molecule has 0 radical (unpaired) electrons. The van der Waals surface area contributed by atoms with Crippen molar-refractivity contribution in [3.63, 3.8) is 0 Å². The molecule has 0 spiro atoms. The molecule has 8 heteroatoms. The van der Waals surface area contributed by atoms with Gasteiger partial charge in [0.1, 0.15) is 28.6 Å². The van der Waals surface area contributed by atoms with Crippen molar-refractivity contribution in [2.45, 2.75) is 39.3 Å². The average Bonchev–Trinajstić information content (AvgIpc) is 3.56. The third kappa shape index (κ3) is 4.28. The largest absolute Gasteiger partial charge is 0.507 e. The smallest absolute Gasteiger partial charge is 0.273 e. The Morgan fingerprint density at radius 1 is 1.23 bits per heavy atom. The van der Waals surface area contributed by atoms with Crippen LogP contribution in [0.2, 0.25) is 5.02 Å². The van der Waals surface area contributed by atoms with Crippen LogP contribution in [0, 0.1) is 6.92 Å². The van der Waals surface area contributed by atoms with E-state index in [1.807, 2.05) is 37.3 Å². The van der Waals surface area contributed by atoms with Gasteiger partial charge in [-0.25, -0.2) is 0 Å². The van der Waals surface area contributed by atoms with E-state index in [9.17, 15) is 9.90 Å². The van der Waals surface area contributed by atoms with Gasteiger partial charge in [0.15, 0.2) is 0 Å². The van der Waals surface area contributed by atoms with Crippen LogP contribution in [0.3, 0.4) is 0 Å². The van der Waals surface area contributed by atoms with Gasteiger partial charge in [-0.3, -0.25) is 9.89 Å². The summed E-state index contributed by atoms with van der Waals surface area (Å²) in [6, 6.07) is 14.2. The number of nitrogens with zero attached hydrogens (tertiary/aromatic N) is 2. The van der Waals surface area contributed by atoms with Crippen molar-refractivity contribution < 1.29 is 19.1 Å². The Kier molecular flexibility index (Phi) is 6.26. The Morgan fingerprint density at radius 2 is 2.09 bits per heavy atom. The highest BCUT2D eigenvalue weighted by molar-refractivity contribution is 6.31. The van der Waals surface area contributed by atoms with Crippen LogP contribution in [-0.2, 0) is 6.54 Å². The zero-order valence-electron chi connectivity index (χ0n) is 19.5. The fourth-order valence-corrected chi connectivity index (χ4v) is 4.61. The standard InChI is InChI=1S/C27H26ClN3O4/c1-3-4-10-34-18-8-5-7-17(13-18)26-23-24(20-14-21(28)16(2)12-22(20)32)29-30-25(23)27(33)31(26)15-19-9-6-11-35-19/h5-9,11-14,26,32H,3-4,10,15H2,1-2H3,(H,29,30). The predicted octanol–water partition coefficient (Wildman–Crippen LogP) is 6.26. The minimum atomic E-state index is -0.467.